The van der Waals surface area contributed by atoms with Crippen LogP contribution < -0.4 is 25.7 Å². The van der Waals surface area contributed by atoms with Gasteiger partial charge in [0.15, 0.2) is 0 Å². The Morgan fingerprint density at radius 2 is 1.69 bits per heavy atom. The Bertz CT molecular complexity index is 2060. The van der Waals surface area contributed by atoms with Crippen LogP contribution in [0.5, 0.6) is 11.5 Å². The molecule has 5 heterocycles. The number of fused-ring (bicyclic) bond motifs is 1. The van der Waals surface area contributed by atoms with Crippen LogP contribution in [0.1, 0.15) is 56.6 Å². The zero-order chi connectivity index (χ0) is 37.9. The summed E-state index contributed by atoms with van der Waals surface area (Å²) in [5.41, 5.74) is 5.06. The summed E-state index contributed by atoms with van der Waals surface area (Å²) >= 11 is 0. The van der Waals surface area contributed by atoms with Gasteiger partial charge >= 0.3 is 0 Å². The lowest BCUT2D eigenvalue weighted by atomic mass is 9.89. The van der Waals surface area contributed by atoms with Crippen LogP contribution in [0, 0.1) is 0 Å². The van der Waals surface area contributed by atoms with Crippen LogP contribution in [0.25, 0.3) is 22.0 Å². The van der Waals surface area contributed by atoms with Gasteiger partial charge in [0.05, 0.1) is 26.0 Å². The summed E-state index contributed by atoms with van der Waals surface area (Å²) in [6.07, 6.45) is 6.24. The summed E-state index contributed by atoms with van der Waals surface area (Å²) in [6, 6.07) is 11.9. The molecule has 14 heteroatoms. The van der Waals surface area contributed by atoms with Crippen molar-refractivity contribution in [2.24, 2.45) is 7.05 Å². The van der Waals surface area contributed by atoms with Gasteiger partial charge in [-0.3, -0.25) is 39.4 Å². The molecule has 0 saturated carbocycles. The van der Waals surface area contributed by atoms with Crippen molar-refractivity contribution in [3.8, 4) is 22.6 Å². The van der Waals surface area contributed by atoms with E-state index in [0.29, 0.717) is 56.2 Å². The van der Waals surface area contributed by atoms with E-state index >= 15 is 0 Å². The van der Waals surface area contributed by atoms with Gasteiger partial charge in [0.25, 0.3) is 5.56 Å². The molecule has 1 atom stereocenters. The Labute approximate surface area is 314 Å². The lowest BCUT2D eigenvalue weighted by Crippen LogP contribution is -2.51. The van der Waals surface area contributed by atoms with Crippen molar-refractivity contribution in [2.45, 2.75) is 64.1 Å². The molecule has 7 rings (SSSR count). The van der Waals surface area contributed by atoms with Gasteiger partial charge in [-0.1, -0.05) is 12.1 Å². The van der Waals surface area contributed by atoms with E-state index < -0.39 is 6.04 Å². The number of nitrogens with one attached hydrogen (secondary N) is 3. The predicted molar refractivity (Wildman–Crippen MR) is 206 cm³/mol. The molecule has 3 fully saturated rings. The van der Waals surface area contributed by atoms with Crippen molar-refractivity contribution in [3.63, 3.8) is 0 Å². The van der Waals surface area contributed by atoms with E-state index in [-0.39, 0.29) is 29.4 Å². The number of piperidine rings is 2. The fourth-order valence-electron chi connectivity index (χ4n) is 7.83. The number of imide groups is 1. The standard InChI is InChI=1S/C40H50N8O6/c1-25(2)54-34-20-30(32-23-45(3)40(52)38-31(32)21-41-44-38)35(53-4)19-28(34)22-47-15-17-48(18-16-47)37(50)24-46-13-11-27(12-14-46)26-5-7-29(8-6-26)42-33-9-10-36(49)43-39(33)51/h5-8,19-21,23,25,27,33,42H,9-18,22,24H2,1-4H3,(H,41,44)(H,43,49,51). The van der Waals surface area contributed by atoms with Crippen LogP contribution in [0.2, 0.25) is 0 Å². The predicted octanol–water partition coefficient (Wildman–Crippen LogP) is 3.47. The van der Waals surface area contributed by atoms with Crippen LogP contribution in [0.15, 0.2) is 53.6 Å². The number of H-pyrrole nitrogens is 1. The molecule has 54 heavy (non-hydrogen) atoms. The Morgan fingerprint density at radius 1 is 0.944 bits per heavy atom. The topological polar surface area (TPSA) is 154 Å². The minimum atomic E-state index is -0.397. The van der Waals surface area contributed by atoms with Gasteiger partial charge < -0.3 is 24.3 Å². The number of aromatic amines is 1. The highest BCUT2D eigenvalue weighted by molar-refractivity contribution is 6.01. The van der Waals surface area contributed by atoms with Gasteiger partial charge in [0.2, 0.25) is 17.7 Å². The van der Waals surface area contributed by atoms with E-state index in [9.17, 15) is 19.2 Å². The number of carbonyl (C=O) groups excluding carboxylic acids is 3. The van der Waals surface area contributed by atoms with E-state index in [1.54, 1.807) is 31.1 Å². The van der Waals surface area contributed by atoms with Gasteiger partial charge in [0, 0.05) is 80.2 Å². The molecule has 14 nitrogen and oxygen atoms in total. The number of aryl methyl sites for hydroxylation is 1. The molecule has 3 N–H and O–H groups in total. The smallest absolute Gasteiger partial charge is 0.276 e. The number of piperazine rings is 1. The van der Waals surface area contributed by atoms with Crippen molar-refractivity contribution >= 4 is 34.3 Å². The third-order valence-corrected chi connectivity index (χ3v) is 10.8. The fraction of sp³-hybridized carbons (Fsp3) is 0.475. The minimum Gasteiger partial charge on any atom is -0.496 e. The van der Waals surface area contributed by atoms with E-state index in [1.807, 2.05) is 43.0 Å². The average molecular weight is 739 g/mol. The lowest BCUT2D eigenvalue weighted by molar-refractivity contribution is -0.135. The average Bonchev–Trinajstić information content (AvgIpc) is 3.66. The first-order valence-corrected chi connectivity index (χ1v) is 18.9. The fourth-order valence-corrected chi connectivity index (χ4v) is 7.83. The second kappa shape index (κ2) is 16.0. The van der Waals surface area contributed by atoms with Crippen molar-refractivity contribution in [1.82, 2.24) is 34.8 Å². The van der Waals surface area contributed by atoms with Gasteiger partial charge in [-0.05, 0) is 81.9 Å². The number of amides is 3. The summed E-state index contributed by atoms with van der Waals surface area (Å²) in [4.78, 5) is 56.3. The van der Waals surface area contributed by atoms with Crippen LogP contribution in [0.3, 0.4) is 0 Å². The molecule has 0 bridgehead atoms. The van der Waals surface area contributed by atoms with Crippen molar-refractivity contribution in [3.05, 3.63) is 70.3 Å². The zero-order valence-electron chi connectivity index (χ0n) is 31.5. The Hall–Kier alpha value is -5.21. The van der Waals surface area contributed by atoms with Gasteiger partial charge in [-0.2, -0.15) is 5.10 Å². The Kier molecular flexibility index (Phi) is 11.0. The summed E-state index contributed by atoms with van der Waals surface area (Å²) in [6.45, 7) is 9.67. The Morgan fingerprint density at radius 3 is 2.37 bits per heavy atom. The monoisotopic (exact) mass is 738 g/mol. The van der Waals surface area contributed by atoms with Gasteiger partial charge in [-0.15, -0.1) is 0 Å². The summed E-state index contributed by atoms with van der Waals surface area (Å²) in [7, 11) is 3.37. The molecule has 3 amide bonds. The zero-order valence-corrected chi connectivity index (χ0v) is 31.5. The highest BCUT2D eigenvalue weighted by Gasteiger charge is 2.29. The molecule has 4 aromatic rings. The first-order valence-electron chi connectivity index (χ1n) is 18.9. The van der Waals surface area contributed by atoms with Crippen molar-refractivity contribution in [1.29, 1.82) is 0 Å². The molecule has 3 saturated heterocycles. The number of hydrogen-bond acceptors (Lipinski definition) is 10. The van der Waals surface area contributed by atoms with E-state index in [2.05, 4.69) is 42.8 Å². The number of rotatable bonds is 11. The Balaban J connectivity index is 0.919. The SMILES string of the molecule is COc1cc(CN2CCN(C(=O)CN3CCC(c4ccc(NC5CCC(=O)NC5=O)cc4)CC3)CC2)c(OC(C)C)cc1-c1cn(C)c(=O)c2[nH]ncc12. The highest BCUT2D eigenvalue weighted by atomic mass is 16.5. The first kappa shape index (κ1) is 37.1. The number of methoxy groups -OCH3 is 1. The molecular weight excluding hydrogens is 688 g/mol. The minimum absolute atomic E-state index is 0.0479. The number of anilines is 1. The normalized spacial score (nSPS) is 19.0. The molecule has 0 spiro atoms. The number of ether oxygens (including phenoxy) is 2. The summed E-state index contributed by atoms with van der Waals surface area (Å²) < 4.78 is 13.8. The lowest BCUT2D eigenvalue weighted by Gasteiger charge is -2.37. The quantitative estimate of drug-likeness (QED) is 0.195. The van der Waals surface area contributed by atoms with Crippen molar-refractivity contribution < 1.29 is 23.9 Å². The summed E-state index contributed by atoms with van der Waals surface area (Å²) in [5, 5.41) is 13.3. The third-order valence-electron chi connectivity index (χ3n) is 10.8. The highest BCUT2D eigenvalue weighted by Crippen LogP contribution is 2.39. The van der Waals surface area contributed by atoms with E-state index in [0.717, 1.165) is 72.5 Å². The maximum Gasteiger partial charge on any atom is 0.276 e. The molecule has 1 unspecified atom stereocenters. The van der Waals surface area contributed by atoms with Crippen molar-refractivity contribution in [2.75, 3.05) is 58.2 Å². The number of likely N-dealkylation sites (tertiary alicyclic amines) is 1. The number of nitrogens with zero attached hydrogens (tertiary/aromatic N) is 5. The number of carbonyl (C=O) groups is 3. The summed E-state index contributed by atoms with van der Waals surface area (Å²) in [5.74, 6) is 1.55. The maximum atomic E-state index is 13.4. The number of aromatic nitrogens is 3. The first-order chi connectivity index (χ1) is 26.1. The molecule has 0 radical (unpaired) electrons. The molecular formula is C40H50N8O6. The number of pyridine rings is 1. The second-order valence-electron chi connectivity index (χ2n) is 14.9. The number of benzene rings is 2. The molecule has 0 aliphatic carbocycles. The van der Waals surface area contributed by atoms with Crippen LogP contribution in [0.4, 0.5) is 5.69 Å². The van der Waals surface area contributed by atoms with Gasteiger partial charge in [0.1, 0.15) is 23.1 Å². The molecule has 286 valence electrons. The van der Waals surface area contributed by atoms with Crippen LogP contribution >= 0.6 is 0 Å². The van der Waals surface area contributed by atoms with Crippen LogP contribution in [-0.2, 0) is 28.0 Å². The third kappa shape index (κ3) is 8.14. The molecule has 2 aromatic heterocycles. The maximum absolute atomic E-state index is 13.4. The van der Waals surface area contributed by atoms with Crippen LogP contribution in [-0.4, -0.2) is 112 Å². The largest absolute Gasteiger partial charge is 0.496 e. The molecule has 2 aromatic carbocycles. The van der Waals surface area contributed by atoms with E-state index in [1.165, 1.54) is 5.56 Å². The molecule has 3 aliphatic heterocycles. The molecule has 3 aliphatic rings. The number of hydrogen-bond donors (Lipinski definition) is 3. The van der Waals surface area contributed by atoms with E-state index in [4.69, 9.17) is 9.47 Å². The second-order valence-corrected chi connectivity index (χ2v) is 14.9. The van der Waals surface area contributed by atoms with Gasteiger partial charge in [-0.25, -0.2) is 0 Å².